The predicted molar refractivity (Wildman–Crippen MR) is 74.2 cm³/mol. The van der Waals surface area contributed by atoms with Crippen LogP contribution in [-0.2, 0) is 4.74 Å². The average molecular weight is 266 g/mol. The highest BCUT2D eigenvalue weighted by Gasteiger charge is 2.06. The number of anilines is 1. The molecule has 1 heterocycles. The van der Waals surface area contributed by atoms with Crippen LogP contribution in [0.2, 0.25) is 0 Å². The number of aliphatic hydroxyl groups excluding tert-OH is 1. The summed E-state index contributed by atoms with van der Waals surface area (Å²) in [4.78, 5) is 15.6. The van der Waals surface area contributed by atoms with E-state index in [1.165, 1.54) is 6.20 Å². The van der Waals surface area contributed by atoms with Gasteiger partial charge in [0.05, 0.1) is 12.2 Å². The van der Waals surface area contributed by atoms with E-state index < -0.39 is 0 Å². The van der Waals surface area contributed by atoms with Gasteiger partial charge in [0.1, 0.15) is 5.82 Å². The normalized spacial score (nSPS) is 10.2. The Kier molecular flexibility index (Phi) is 7.58. The van der Waals surface area contributed by atoms with E-state index in [2.05, 4.69) is 10.3 Å². The van der Waals surface area contributed by atoms with Gasteiger partial charge in [0.25, 0.3) is 0 Å². The van der Waals surface area contributed by atoms with Gasteiger partial charge in [-0.15, -0.1) is 0 Å². The Morgan fingerprint density at radius 2 is 2.11 bits per heavy atom. The first kappa shape index (κ1) is 15.4. The molecule has 0 aliphatic carbocycles. The Balaban J connectivity index is 2.26. The highest BCUT2D eigenvalue weighted by molar-refractivity contribution is 5.89. The minimum absolute atomic E-state index is 0.268. The van der Waals surface area contributed by atoms with Crippen molar-refractivity contribution in [3.05, 3.63) is 23.9 Å². The maximum atomic E-state index is 11.4. The summed E-state index contributed by atoms with van der Waals surface area (Å²) in [5.74, 6) is 0.417. The van der Waals surface area contributed by atoms with Gasteiger partial charge in [-0.3, -0.25) is 0 Å². The minimum Gasteiger partial charge on any atom is -0.462 e. The second kappa shape index (κ2) is 9.33. The number of pyridine rings is 1. The van der Waals surface area contributed by atoms with Crippen molar-refractivity contribution in [1.29, 1.82) is 0 Å². The quantitative estimate of drug-likeness (QED) is 0.529. The second-order valence-electron chi connectivity index (χ2n) is 4.22. The molecule has 5 heteroatoms. The zero-order valence-corrected chi connectivity index (χ0v) is 11.4. The molecule has 0 fully saturated rings. The third-order valence-electron chi connectivity index (χ3n) is 2.67. The van der Waals surface area contributed by atoms with E-state index in [1.807, 2.05) is 0 Å². The van der Waals surface area contributed by atoms with Crippen LogP contribution in [0, 0.1) is 0 Å². The Bertz CT molecular complexity index is 365. The Morgan fingerprint density at radius 3 is 2.74 bits per heavy atom. The average Bonchev–Trinajstić information content (AvgIpc) is 2.43. The first-order valence-corrected chi connectivity index (χ1v) is 6.75. The van der Waals surface area contributed by atoms with Crippen LogP contribution in [0.15, 0.2) is 18.3 Å². The van der Waals surface area contributed by atoms with Crippen LogP contribution in [0.3, 0.4) is 0 Å². The summed E-state index contributed by atoms with van der Waals surface area (Å²) in [6.45, 7) is 3.26. The van der Waals surface area contributed by atoms with Gasteiger partial charge < -0.3 is 15.2 Å². The number of aromatic nitrogens is 1. The first-order chi connectivity index (χ1) is 9.27. The lowest BCUT2D eigenvalue weighted by molar-refractivity contribution is 0.0526. The fraction of sp³-hybridized carbons (Fsp3) is 0.571. The molecule has 0 bridgehead atoms. The Morgan fingerprint density at radius 1 is 1.32 bits per heavy atom. The van der Waals surface area contributed by atoms with E-state index in [1.54, 1.807) is 19.1 Å². The molecule has 0 atom stereocenters. The molecule has 0 amide bonds. The van der Waals surface area contributed by atoms with E-state index in [-0.39, 0.29) is 12.6 Å². The number of ether oxygens (including phenoxy) is 1. The topological polar surface area (TPSA) is 71.5 Å². The number of nitrogens with one attached hydrogen (secondary N) is 1. The summed E-state index contributed by atoms with van der Waals surface area (Å²) < 4.78 is 4.88. The molecule has 0 aliphatic heterocycles. The van der Waals surface area contributed by atoms with Crippen LogP contribution in [0.1, 0.15) is 43.0 Å². The molecule has 1 aromatic heterocycles. The van der Waals surface area contributed by atoms with Crippen LogP contribution in [0.4, 0.5) is 5.82 Å². The first-order valence-electron chi connectivity index (χ1n) is 6.75. The molecule has 106 valence electrons. The van der Waals surface area contributed by atoms with Gasteiger partial charge in [0, 0.05) is 19.3 Å². The Hall–Kier alpha value is -1.62. The number of carbonyl (C=O) groups excluding carboxylic acids is 1. The number of aliphatic hydroxyl groups is 1. The van der Waals surface area contributed by atoms with Crippen molar-refractivity contribution in [2.45, 2.75) is 32.6 Å². The van der Waals surface area contributed by atoms with Crippen molar-refractivity contribution in [3.8, 4) is 0 Å². The second-order valence-corrected chi connectivity index (χ2v) is 4.22. The summed E-state index contributed by atoms with van der Waals surface area (Å²) in [5, 5.41) is 11.8. The third kappa shape index (κ3) is 6.20. The standard InChI is InChI=1S/C14H22N2O3/c1-2-19-14(18)12-7-8-13(16-11-12)15-9-5-3-4-6-10-17/h7-8,11,17H,2-6,9-10H2,1H3,(H,15,16). The number of nitrogens with zero attached hydrogens (tertiary/aromatic N) is 1. The van der Waals surface area contributed by atoms with Crippen molar-refractivity contribution in [3.63, 3.8) is 0 Å². The number of hydrogen-bond acceptors (Lipinski definition) is 5. The Labute approximate surface area is 114 Å². The summed E-state index contributed by atoms with van der Waals surface area (Å²) >= 11 is 0. The summed E-state index contributed by atoms with van der Waals surface area (Å²) in [5.41, 5.74) is 0.468. The van der Waals surface area contributed by atoms with Gasteiger partial charge in [-0.25, -0.2) is 9.78 Å². The molecule has 1 rings (SSSR count). The van der Waals surface area contributed by atoms with Crippen molar-refractivity contribution < 1.29 is 14.6 Å². The van der Waals surface area contributed by atoms with E-state index in [4.69, 9.17) is 9.84 Å². The molecule has 19 heavy (non-hydrogen) atoms. The lowest BCUT2D eigenvalue weighted by Gasteiger charge is -2.06. The van der Waals surface area contributed by atoms with Gasteiger partial charge in [-0.1, -0.05) is 12.8 Å². The monoisotopic (exact) mass is 266 g/mol. The minimum atomic E-state index is -0.342. The molecule has 5 nitrogen and oxygen atoms in total. The van der Waals surface area contributed by atoms with Crippen LogP contribution >= 0.6 is 0 Å². The maximum Gasteiger partial charge on any atom is 0.339 e. The van der Waals surface area contributed by atoms with Crippen LogP contribution in [0.25, 0.3) is 0 Å². The van der Waals surface area contributed by atoms with Gasteiger partial charge in [0.2, 0.25) is 0 Å². The lowest BCUT2D eigenvalue weighted by Crippen LogP contribution is -2.07. The summed E-state index contributed by atoms with van der Waals surface area (Å²) in [7, 11) is 0. The molecule has 0 aliphatic rings. The van der Waals surface area contributed by atoms with Crippen molar-refractivity contribution in [2.75, 3.05) is 25.1 Å². The number of esters is 1. The van der Waals surface area contributed by atoms with Gasteiger partial charge in [-0.05, 0) is 31.9 Å². The highest BCUT2D eigenvalue weighted by atomic mass is 16.5. The van der Waals surface area contributed by atoms with Crippen LogP contribution in [-0.4, -0.2) is 35.8 Å². The van der Waals surface area contributed by atoms with E-state index in [9.17, 15) is 4.79 Å². The molecular weight excluding hydrogens is 244 g/mol. The van der Waals surface area contributed by atoms with Crippen molar-refractivity contribution in [2.24, 2.45) is 0 Å². The van der Waals surface area contributed by atoms with Gasteiger partial charge in [0.15, 0.2) is 0 Å². The number of hydrogen-bond donors (Lipinski definition) is 2. The van der Waals surface area contributed by atoms with Crippen molar-refractivity contribution >= 4 is 11.8 Å². The van der Waals surface area contributed by atoms with E-state index in [0.29, 0.717) is 12.2 Å². The maximum absolute atomic E-state index is 11.4. The molecule has 0 radical (unpaired) electrons. The zero-order valence-electron chi connectivity index (χ0n) is 11.4. The van der Waals surface area contributed by atoms with E-state index in [0.717, 1.165) is 38.0 Å². The predicted octanol–water partition coefficient (Wildman–Crippen LogP) is 2.22. The van der Waals surface area contributed by atoms with Crippen LogP contribution in [0.5, 0.6) is 0 Å². The van der Waals surface area contributed by atoms with Gasteiger partial charge >= 0.3 is 5.97 Å². The number of rotatable bonds is 9. The fourth-order valence-electron chi connectivity index (χ4n) is 1.64. The molecule has 0 spiro atoms. The highest BCUT2D eigenvalue weighted by Crippen LogP contribution is 2.07. The summed E-state index contributed by atoms with van der Waals surface area (Å²) in [6.07, 6.45) is 5.57. The molecular formula is C14H22N2O3. The fourth-order valence-corrected chi connectivity index (χ4v) is 1.64. The number of unbranched alkanes of at least 4 members (excludes halogenated alkanes) is 3. The molecule has 0 saturated carbocycles. The smallest absolute Gasteiger partial charge is 0.339 e. The summed E-state index contributed by atoms with van der Waals surface area (Å²) in [6, 6.07) is 3.49. The zero-order chi connectivity index (χ0) is 13.9. The van der Waals surface area contributed by atoms with Gasteiger partial charge in [-0.2, -0.15) is 0 Å². The van der Waals surface area contributed by atoms with Crippen LogP contribution < -0.4 is 5.32 Å². The SMILES string of the molecule is CCOC(=O)c1ccc(NCCCCCCO)nc1. The molecule has 0 saturated heterocycles. The largest absolute Gasteiger partial charge is 0.462 e. The molecule has 1 aromatic rings. The number of carbonyl (C=O) groups is 1. The van der Waals surface area contributed by atoms with Crippen molar-refractivity contribution in [1.82, 2.24) is 4.98 Å². The third-order valence-corrected chi connectivity index (χ3v) is 2.67. The lowest BCUT2D eigenvalue weighted by atomic mass is 10.2. The molecule has 0 unspecified atom stereocenters. The molecule has 0 aromatic carbocycles. The van der Waals surface area contributed by atoms with E-state index >= 15 is 0 Å². The molecule has 2 N–H and O–H groups in total.